The molecule has 138 valence electrons. The van der Waals surface area contributed by atoms with Gasteiger partial charge in [0, 0.05) is 5.69 Å². The lowest BCUT2D eigenvalue weighted by atomic mass is 9.87. The third kappa shape index (κ3) is 3.14. The fourth-order valence-electron chi connectivity index (χ4n) is 2.86. The molecule has 26 heavy (non-hydrogen) atoms. The van der Waals surface area contributed by atoms with E-state index in [4.69, 9.17) is 5.73 Å². The zero-order chi connectivity index (χ0) is 19.3. The Kier molecular flexibility index (Phi) is 4.22. The number of rotatable bonds is 2. The number of alkyl halides is 6. The largest absolute Gasteiger partial charge is 0.416 e. The summed E-state index contributed by atoms with van der Waals surface area (Å²) in [7, 11) is 0. The van der Waals surface area contributed by atoms with Crippen LogP contribution in [0, 0.1) is 0 Å². The summed E-state index contributed by atoms with van der Waals surface area (Å²) < 4.78 is 76.6. The predicted molar refractivity (Wildman–Crippen MR) is 81.1 cm³/mol. The van der Waals surface area contributed by atoms with Crippen LogP contribution in [-0.4, -0.2) is 11.9 Å². The molecule has 0 bridgehead atoms. The van der Waals surface area contributed by atoms with Crippen molar-refractivity contribution in [1.82, 2.24) is 0 Å². The van der Waals surface area contributed by atoms with E-state index in [0.29, 0.717) is 5.56 Å². The van der Waals surface area contributed by atoms with Crippen molar-refractivity contribution in [1.29, 1.82) is 0 Å². The molecule has 3 nitrogen and oxygen atoms in total. The second kappa shape index (κ2) is 6.01. The van der Waals surface area contributed by atoms with Crippen molar-refractivity contribution >= 4 is 11.6 Å². The number of hydrogen-bond acceptors (Lipinski definition) is 2. The van der Waals surface area contributed by atoms with Gasteiger partial charge in [0.05, 0.1) is 17.2 Å². The van der Waals surface area contributed by atoms with Gasteiger partial charge in [0.1, 0.15) is 6.04 Å². The zero-order valence-electron chi connectivity index (χ0n) is 13.0. The summed E-state index contributed by atoms with van der Waals surface area (Å²) in [5.74, 6) is -0.603. The van der Waals surface area contributed by atoms with E-state index < -0.39 is 41.5 Å². The predicted octanol–water partition coefficient (Wildman–Crippen LogP) is 4.14. The number of hydrogen-bond donors (Lipinski definition) is 1. The molecule has 2 N–H and O–H groups in total. The molecular formula is C17H12F6N2O. The first-order valence-corrected chi connectivity index (χ1v) is 7.43. The number of β-lactam (4-membered cyclic amide) rings is 1. The van der Waals surface area contributed by atoms with Gasteiger partial charge >= 0.3 is 12.4 Å². The van der Waals surface area contributed by atoms with E-state index in [1.54, 1.807) is 0 Å². The van der Waals surface area contributed by atoms with E-state index in [2.05, 4.69) is 0 Å². The number of nitrogens with two attached hydrogens (primary N) is 1. The fraction of sp³-hybridized carbons (Fsp3) is 0.235. The molecular weight excluding hydrogens is 362 g/mol. The van der Waals surface area contributed by atoms with Crippen LogP contribution in [0.25, 0.3) is 0 Å². The highest BCUT2D eigenvalue weighted by atomic mass is 19.4. The van der Waals surface area contributed by atoms with Crippen LogP contribution in [0.15, 0.2) is 48.5 Å². The van der Waals surface area contributed by atoms with Gasteiger partial charge in [0.25, 0.3) is 0 Å². The van der Waals surface area contributed by atoms with Crippen LogP contribution in [0.5, 0.6) is 0 Å². The van der Waals surface area contributed by atoms with Gasteiger partial charge in [-0.1, -0.05) is 18.2 Å². The molecule has 9 heteroatoms. The summed E-state index contributed by atoms with van der Waals surface area (Å²) in [4.78, 5) is 13.1. The number of nitrogens with zero attached hydrogens (tertiary/aromatic N) is 1. The Morgan fingerprint density at radius 2 is 1.42 bits per heavy atom. The zero-order valence-corrected chi connectivity index (χ0v) is 13.0. The molecule has 0 unspecified atom stereocenters. The Bertz CT molecular complexity index is 828. The minimum Gasteiger partial charge on any atom is -0.318 e. The van der Waals surface area contributed by atoms with Crippen LogP contribution in [0.3, 0.4) is 0 Å². The minimum atomic E-state index is -4.59. The van der Waals surface area contributed by atoms with Gasteiger partial charge in [-0.3, -0.25) is 4.79 Å². The number of carbonyl (C=O) groups is 1. The number of anilines is 1. The second-order valence-corrected chi connectivity index (χ2v) is 5.85. The maximum Gasteiger partial charge on any atom is 0.416 e. The van der Waals surface area contributed by atoms with Gasteiger partial charge in [-0.15, -0.1) is 0 Å². The number of halogens is 6. The average Bonchev–Trinajstić information content (AvgIpc) is 2.57. The van der Waals surface area contributed by atoms with E-state index in [1.165, 1.54) is 18.2 Å². The summed E-state index contributed by atoms with van der Waals surface area (Å²) in [5, 5.41) is 0. The van der Waals surface area contributed by atoms with E-state index in [1.807, 2.05) is 0 Å². The molecule has 1 fully saturated rings. The van der Waals surface area contributed by atoms with Gasteiger partial charge in [-0.25, -0.2) is 0 Å². The van der Waals surface area contributed by atoms with Crippen molar-refractivity contribution < 1.29 is 31.1 Å². The standard InChI is InChI=1S/C17H12F6N2O/c18-16(19,20)10-6-4-9(5-7-10)14-13(24)15(26)25(14)12-3-1-2-11(8-12)17(21,22)23/h1-8,13-14H,24H2/t13-,14-/m0/s1. The Hall–Kier alpha value is -2.55. The Labute approximate surface area is 144 Å². The molecule has 0 spiro atoms. The molecule has 1 aliphatic heterocycles. The lowest BCUT2D eigenvalue weighted by molar-refractivity contribution is -0.138. The molecule has 2 atom stereocenters. The van der Waals surface area contributed by atoms with Crippen molar-refractivity contribution in [3.05, 3.63) is 65.2 Å². The average molecular weight is 374 g/mol. The van der Waals surface area contributed by atoms with Crippen molar-refractivity contribution in [2.45, 2.75) is 24.4 Å². The van der Waals surface area contributed by atoms with E-state index in [0.717, 1.165) is 35.2 Å². The van der Waals surface area contributed by atoms with Gasteiger partial charge in [-0.05, 0) is 35.9 Å². The van der Waals surface area contributed by atoms with E-state index in [-0.39, 0.29) is 5.69 Å². The van der Waals surface area contributed by atoms with Crippen molar-refractivity contribution in [3.63, 3.8) is 0 Å². The Balaban J connectivity index is 1.94. The molecule has 1 aliphatic rings. The van der Waals surface area contributed by atoms with Crippen LogP contribution in [0.4, 0.5) is 32.0 Å². The number of amides is 1. The normalized spacial score (nSPS) is 20.9. The van der Waals surface area contributed by atoms with Crippen molar-refractivity contribution in [3.8, 4) is 0 Å². The molecule has 1 amide bonds. The molecule has 2 aromatic carbocycles. The third-order valence-electron chi connectivity index (χ3n) is 4.17. The number of carbonyl (C=O) groups excluding carboxylic acids is 1. The highest BCUT2D eigenvalue weighted by Gasteiger charge is 2.47. The molecule has 0 saturated carbocycles. The Morgan fingerprint density at radius 1 is 0.846 bits per heavy atom. The Morgan fingerprint density at radius 3 is 1.96 bits per heavy atom. The maximum atomic E-state index is 12.9. The van der Waals surface area contributed by atoms with Gasteiger partial charge in [0.2, 0.25) is 5.91 Å². The lowest BCUT2D eigenvalue weighted by Crippen LogP contribution is -2.63. The highest BCUT2D eigenvalue weighted by molar-refractivity contribution is 6.05. The molecule has 0 aliphatic carbocycles. The molecule has 1 heterocycles. The molecule has 0 radical (unpaired) electrons. The van der Waals surface area contributed by atoms with Crippen LogP contribution in [0.2, 0.25) is 0 Å². The smallest absolute Gasteiger partial charge is 0.318 e. The molecule has 2 aromatic rings. The lowest BCUT2D eigenvalue weighted by Gasteiger charge is -2.45. The van der Waals surface area contributed by atoms with Crippen LogP contribution >= 0.6 is 0 Å². The highest BCUT2D eigenvalue weighted by Crippen LogP contribution is 2.41. The minimum absolute atomic E-state index is 0.0172. The van der Waals surface area contributed by atoms with Crippen LogP contribution < -0.4 is 10.6 Å². The van der Waals surface area contributed by atoms with Gasteiger partial charge in [-0.2, -0.15) is 26.3 Å². The first-order chi connectivity index (χ1) is 12.0. The fourth-order valence-corrected chi connectivity index (χ4v) is 2.86. The summed E-state index contributed by atoms with van der Waals surface area (Å²) in [5.41, 5.74) is 4.22. The molecule has 1 saturated heterocycles. The van der Waals surface area contributed by atoms with Crippen molar-refractivity contribution in [2.24, 2.45) is 5.73 Å². The van der Waals surface area contributed by atoms with Crippen LogP contribution in [-0.2, 0) is 17.1 Å². The van der Waals surface area contributed by atoms with E-state index >= 15 is 0 Å². The monoisotopic (exact) mass is 374 g/mol. The first kappa shape index (κ1) is 18.2. The summed E-state index contributed by atoms with van der Waals surface area (Å²) in [6.45, 7) is 0. The second-order valence-electron chi connectivity index (χ2n) is 5.85. The van der Waals surface area contributed by atoms with Crippen LogP contribution in [0.1, 0.15) is 22.7 Å². The molecule has 3 rings (SSSR count). The summed E-state index contributed by atoms with van der Waals surface area (Å²) in [6, 6.07) is 6.27. The molecule has 0 aromatic heterocycles. The first-order valence-electron chi connectivity index (χ1n) is 7.43. The maximum absolute atomic E-state index is 12.9. The van der Waals surface area contributed by atoms with Gasteiger partial charge in [0.15, 0.2) is 0 Å². The SMILES string of the molecule is N[C@@H]1C(=O)N(c2cccc(C(F)(F)F)c2)[C@H]1c1ccc(C(F)(F)F)cc1. The quantitative estimate of drug-likeness (QED) is 0.634. The topological polar surface area (TPSA) is 46.3 Å². The third-order valence-corrected chi connectivity index (χ3v) is 4.17. The summed E-state index contributed by atoms with van der Waals surface area (Å²) >= 11 is 0. The van der Waals surface area contributed by atoms with Gasteiger partial charge < -0.3 is 10.6 Å². The summed E-state index contributed by atoms with van der Waals surface area (Å²) in [6.07, 6.45) is -9.10. The number of benzene rings is 2. The van der Waals surface area contributed by atoms with Crippen molar-refractivity contribution in [2.75, 3.05) is 4.90 Å². The van der Waals surface area contributed by atoms with E-state index in [9.17, 15) is 31.1 Å².